The molecule has 138 valence electrons. The van der Waals surface area contributed by atoms with Crippen molar-refractivity contribution >= 4 is 28.6 Å². The van der Waals surface area contributed by atoms with Crippen LogP contribution in [0.4, 0.5) is 0 Å². The highest BCUT2D eigenvalue weighted by Gasteiger charge is 2.65. The number of ketones is 1. The number of aromatic nitrogens is 1. The molecule has 0 amide bonds. The van der Waals surface area contributed by atoms with Gasteiger partial charge in [-0.15, -0.1) is 0 Å². The van der Waals surface area contributed by atoms with Crippen LogP contribution in [0.2, 0.25) is 0 Å². The molecule has 0 radical (unpaired) electrons. The lowest BCUT2D eigenvalue weighted by molar-refractivity contribution is -0.137. The number of rotatable bonds is 3. The molecular formula is C22H21NO3S. The van der Waals surface area contributed by atoms with Crippen molar-refractivity contribution in [3.05, 3.63) is 58.2 Å². The summed E-state index contributed by atoms with van der Waals surface area (Å²) in [6.07, 6.45) is 3.69. The number of para-hydroxylation sites is 2. The number of thioether (sulfide) groups is 1. The number of allylic oxidation sites excluding steroid dienone is 3. The minimum atomic E-state index is -1.30. The SMILES string of the molecule is CC1=C(CSc2nc3ccccc3o2)C2=C(C)C3(CC3)[C@@](C)(O)C(=O)C2=C1. The summed E-state index contributed by atoms with van der Waals surface area (Å²) in [5.74, 6) is 0.554. The van der Waals surface area contributed by atoms with Crippen LogP contribution in [0.3, 0.4) is 0 Å². The number of hydrogen-bond acceptors (Lipinski definition) is 5. The first-order chi connectivity index (χ1) is 12.8. The average Bonchev–Trinajstić information content (AvgIpc) is 3.26. The van der Waals surface area contributed by atoms with Crippen LogP contribution < -0.4 is 0 Å². The number of fused-ring (bicyclic) bond motifs is 2. The monoisotopic (exact) mass is 379 g/mol. The van der Waals surface area contributed by atoms with Gasteiger partial charge in [-0.1, -0.05) is 29.5 Å². The summed E-state index contributed by atoms with van der Waals surface area (Å²) in [6, 6.07) is 7.73. The van der Waals surface area contributed by atoms with Gasteiger partial charge in [-0.05, 0) is 68.5 Å². The molecule has 1 heterocycles. The Bertz CT molecular complexity index is 1060. The lowest BCUT2D eigenvalue weighted by Crippen LogP contribution is -2.49. The highest BCUT2D eigenvalue weighted by molar-refractivity contribution is 7.99. The van der Waals surface area contributed by atoms with Crippen LogP contribution in [0.15, 0.2) is 67.8 Å². The molecule has 1 N–H and O–H groups in total. The van der Waals surface area contributed by atoms with Gasteiger partial charge in [0.1, 0.15) is 11.1 Å². The van der Waals surface area contributed by atoms with Crippen LogP contribution >= 0.6 is 11.8 Å². The molecule has 3 aliphatic carbocycles. The van der Waals surface area contributed by atoms with Crippen molar-refractivity contribution in [1.29, 1.82) is 0 Å². The van der Waals surface area contributed by atoms with E-state index >= 15 is 0 Å². The van der Waals surface area contributed by atoms with E-state index in [1.54, 1.807) is 18.7 Å². The number of benzene rings is 1. The van der Waals surface area contributed by atoms with Gasteiger partial charge in [0.2, 0.25) is 0 Å². The van der Waals surface area contributed by atoms with Gasteiger partial charge in [0.05, 0.1) is 0 Å². The van der Waals surface area contributed by atoms with E-state index in [-0.39, 0.29) is 11.2 Å². The smallest absolute Gasteiger partial charge is 0.257 e. The summed E-state index contributed by atoms with van der Waals surface area (Å²) in [7, 11) is 0. The second-order valence-corrected chi connectivity index (χ2v) is 8.87. The summed E-state index contributed by atoms with van der Waals surface area (Å²) < 4.78 is 5.82. The van der Waals surface area contributed by atoms with Crippen molar-refractivity contribution in [1.82, 2.24) is 4.98 Å². The van der Waals surface area contributed by atoms with Gasteiger partial charge in [-0.25, -0.2) is 4.98 Å². The molecule has 1 fully saturated rings. The molecule has 0 aliphatic heterocycles. The lowest BCUT2D eigenvalue weighted by Gasteiger charge is -2.39. The standard InChI is InChI=1S/C22H21NO3S/c1-12-10-14-18(13(2)22(8-9-22)21(3,25)19(14)24)15(12)11-27-20-23-16-6-4-5-7-17(16)26-20/h4-7,10,25H,8-9,11H2,1-3H3/t21-/m0/s1. The minimum Gasteiger partial charge on any atom is -0.431 e. The Morgan fingerprint density at radius 1 is 1.26 bits per heavy atom. The predicted molar refractivity (Wildman–Crippen MR) is 106 cm³/mol. The third kappa shape index (κ3) is 2.21. The van der Waals surface area contributed by atoms with Crippen LogP contribution in [-0.2, 0) is 4.79 Å². The summed E-state index contributed by atoms with van der Waals surface area (Å²) in [4.78, 5) is 17.5. The molecule has 0 bridgehead atoms. The highest BCUT2D eigenvalue weighted by atomic mass is 32.2. The molecule has 0 unspecified atom stereocenters. The number of oxazole rings is 1. The molecule has 3 aliphatic rings. The first kappa shape index (κ1) is 17.0. The van der Waals surface area contributed by atoms with Crippen LogP contribution in [0.5, 0.6) is 0 Å². The third-order valence-corrected chi connectivity index (χ3v) is 7.34. The van der Waals surface area contributed by atoms with Gasteiger partial charge >= 0.3 is 0 Å². The van der Waals surface area contributed by atoms with Gasteiger partial charge < -0.3 is 9.52 Å². The number of Topliss-reactive ketones (excluding diaryl/α,β-unsaturated/α-hetero) is 1. The number of hydrogen-bond donors (Lipinski definition) is 1. The molecule has 27 heavy (non-hydrogen) atoms. The number of nitrogens with zero attached hydrogens (tertiary/aromatic N) is 1. The normalized spacial score (nSPS) is 26.2. The second-order valence-electron chi connectivity index (χ2n) is 7.94. The van der Waals surface area contributed by atoms with E-state index in [1.165, 1.54) is 0 Å². The van der Waals surface area contributed by atoms with Crippen molar-refractivity contribution < 1.29 is 14.3 Å². The fourth-order valence-corrected chi connectivity index (χ4v) is 5.60. The quantitative estimate of drug-likeness (QED) is 0.789. The fraction of sp³-hybridized carbons (Fsp3) is 0.364. The molecular weight excluding hydrogens is 358 g/mol. The summed E-state index contributed by atoms with van der Waals surface area (Å²) >= 11 is 1.55. The average molecular weight is 379 g/mol. The van der Waals surface area contributed by atoms with E-state index in [0.717, 1.165) is 46.2 Å². The lowest BCUT2D eigenvalue weighted by atomic mass is 9.67. The molecule has 5 heteroatoms. The Balaban J connectivity index is 1.49. The first-order valence-electron chi connectivity index (χ1n) is 9.24. The molecule has 1 spiro atoms. The molecule has 1 saturated carbocycles. The van der Waals surface area contributed by atoms with E-state index in [0.29, 0.717) is 16.5 Å². The number of aliphatic hydroxyl groups is 1. The van der Waals surface area contributed by atoms with E-state index in [4.69, 9.17) is 4.42 Å². The zero-order chi connectivity index (χ0) is 19.0. The largest absolute Gasteiger partial charge is 0.431 e. The van der Waals surface area contributed by atoms with Crippen LogP contribution in [0.25, 0.3) is 11.1 Å². The molecule has 0 saturated heterocycles. The molecule has 4 nitrogen and oxygen atoms in total. The van der Waals surface area contributed by atoms with Crippen molar-refractivity contribution in [3.63, 3.8) is 0 Å². The molecule has 2 aromatic rings. The van der Waals surface area contributed by atoms with Gasteiger partial charge in [0.15, 0.2) is 11.4 Å². The topological polar surface area (TPSA) is 63.3 Å². The fourth-order valence-electron chi connectivity index (χ4n) is 4.65. The Morgan fingerprint density at radius 2 is 2.00 bits per heavy atom. The predicted octanol–water partition coefficient (Wildman–Crippen LogP) is 4.61. The number of carbonyl (C=O) groups excluding carboxylic acids is 1. The van der Waals surface area contributed by atoms with Gasteiger partial charge in [0.25, 0.3) is 5.22 Å². The Labute approximate surface area is 162 Å². The zero-order valence-corrected chi connectivity index (χ0v) is 16.4. The van der Waals surface area contributed by atoms with Gasteiger partial charge in [0, 0.05) is 16.7 Å². The second kappa shape index (κ2) is 5.46. The van der Waals surface area contributed by atoms with Crippen LogP contribution in [0.1, 0.15) is 33.6 Å². The summed E-state index contributed by atoms with van der Waals surface area (Å²) in [5.41, 5.74) is 5.08. The van der Waals surface area contributed by atoms with E-state index < -0.39 is 5.60 Å². The van der Waals surface area contributed by atoms with Crippen LogP contribution in [-0.4, -0.2) is 27.2 Å². The van der Waals surface area contributed by atoms with Crippen LogP contribution in [0, 0.1) is 5.41 Å². The van der Waals surface area contributed by atoms with Crippen molar-refractivity contribution in [2.75, 3.05) is 5.75 Å². The maximum absolute atomic E-state index is 13.0. The highest BCUT2D eigenvalue weighted by Crippen LogP contribution is 2.65. The van der Waals surface area contributed by atoms with Gasteiger partial charge in [-0.3, -0.25) is 4.79 Å². The van der Waals surface area contributed by atoms with E-state index in [1.807, 2.05) is 37.3 Å². The molecule has 5 rings (SSSR count). The molecule has 1 atom stereocenters. The maximum Gasteiger partial charge on any atom is 0.257 e. The maximum atomic E-state index is 13.0. The van der Waals surface area contributed by atoms with Crippen molar-refractivity contribution in [2.24, 2.45) is 5.41 Å². The summed E-state index contributed by atoms with van der Waals surface area (Å²) in [6.45, 7) is 5.80. The van der Waals surface area contributed by atoms with E-state index in [2.05, 4.69) is 11.9 Å². The Hall–Kier alpha value is -2.11. The van der Waals surface area contributed by atoms with E-state index in [9.17, 15) is 9.90 Å². The minimum absolute atomic E-state index is 0.137. The van der Waals surface area contributed by atoms with Crippen molar-refractivity contribution in [2.45, 2.75) is 44.4 Å². The Morgan fingerprint density at radius 3 is 2.70 bits per heavy atom. The third-order valence-electron chi connectivity index (χ3n) is 6.48. The van der Waals surface area contributed by atoms with Crippen molar-refractivity contribution in [3.8, 4) is 0 Å². The first-order valence-corrected chi connectivity index (χ1v) is 10.2. The number of carbonyl (C=O) groups is 1. The molecule has 1 aromatic carbocycles. The Kier molecular flexibility index (Phi) is 3.44. The van der Waals surface area contributed by atoms with Gasteiger partial charge in [-0.2, -0.15) is 0 Å². The summed E-state index contributed by atoms with van der Waals surface area (Å²) in [5, 5.41) is 11.6. The molecule has 1 aromatic heterocycles. The zero-order valence-electron chi connectivity index (χ0n) is 15.6.